The van der Waals surface area contributed by atoms with E-state index in [-0.39, 0.29) is 22.2 Å². The summed E-state index contributed by atoms with van der Waals surface area (Å²) in [5.41, 5.74) is 6.36. The highest BCUT2D eigenvalue weighted by Crippen LogP contribution is 2.30. The fourth-order valence-corrected chi connectivity index (χ4v) is 1.62. The molecule has 0 aliphatic rings. The summed E-state index contributed by atoms with van der Waals surface area (Å²) in [7, 11) is 0. The number of aryl methyl sites for hydroxylation is 1. The van der Waals surface area contributed by atoms with Crippen LogP contribution in [0, 0.1) is 6.92 Å². The lowest BCUT2D eigenvalue weighted by Crippen LogP contribution is -2.06. The summed E-state index contributed by atoms with van der Waals surface area (Å²) in [6.45, 7) is 1.55. The molecule has 0 aliphatic heterocycles. The minimum absolute atomic E-state index is 0.0139. The Morgan fingerprint density at radius 1 is 1.67 bits per heavy atom. The van der Waals surface area contributed by atoms with Gasteiger partial charge in [0.25, 0.3) is 0 Å². The number of hydrogen-bond donors (Lipinski definition) is 2. The Hall–Kier alpha value is -1.75. The molecule has 5 nitrogen and oxygen atoms in total. The third-order valence-electron chi connectivity index (χ3n) is 2.09. The molecule has 0 saturated heterocycles. The van der Waals surface area contributed by atoms with E-state index in [4.69, 9.17) is 26.9 Å². The summed E-state index contributed by atoms with van der Waals surface area (Å²) in [6.07, 6.45) is 0. The van der Waals surface area contributed by atoms with Gasteiger partial charge in [-0.25, -0.2) is 9.78 Å². The first-order valence-corrected chi connectivity index (χ1v) is 4.47. The first-order valence-electron chi connectivity index (χ1n) is 4.09. The number of hydrogen-bond acceptors (Lipinski definition) is 4. The zero-order chi connectivity index (χ0) is 11.2. The van der Waals surface area contributed by atoms with Crippen molar-refractivity contribution in [1.82, 2.24) is 4.98 Å². The quantitative estimate of drug-likeness (QED) is 0.777. The molecule has 0 bridgehead atoms. The Kier molecular flexibility index (Phi) is 2.04. The maximum Gasteiger partial charge on any atom is 0.339 e. The van der Waals surface area contributed by atoms with Crippen molar-refractivity contribution in [2.75, 3.05) is 5.73 Å². The zero-order valence-electron chi connectivity index (χ0n) is 7.74. The highest BCUT2D eigenvalue weighted by Gasteiger charge is 2.18. The number of halogens is 1. The van der Waals surface area contributed by atoms with Crippen LogP contribution in [0.25, 0.3) is 11.1 Å². The molecule has 0 spiro atoms. The second-order valence-corrected chi connectivity index (χ2v) is 3.43. The van der Waals surface area contributed by atoms with Crippen molar-refractivity contribution < 1.29 is 14.3 Å². The fraction of sp³-hybridized carbons (Fsp3) is 0.111. The molecule has 0 fully saturated rings. The molecular weight excluding hydrogens is 220 g/mol. The maximum atomic E-state index is 10.9. The first-order chi connectivity index (χ1) is 7.00. The Labute approximate surface area is 89.5 Å². The molecule has 78 valence electrons. The van der Waals surface area contributed by atoms with Crippen LogP contribution in [0.4, 0.5) is 5.69 Å². The number of carbonyl (C=O) groups is 1. The minimum atomic E-state index is -1.11. The zero-order valence-corrected chi connectivity index (χ0v) is 8.50. The molecule has 2 heterocycles. The van der Waals surface area contributed by atoms with Gasteiger partial charge in [0.1, 0.15) is 5.56 Å². The lowest BCUT2D eigenvalue weighted by molar-refractivity contribution is 0.0697. The third kappa shape index (κ3) is 1.41. The smallest absolute Gasteiger partial charge is 0.339 e. The molecule has 2 aromatic heterocycles. The SMILES string of the molecule is Cc1nc2oc(Cl)cc2c(N)c1C(=O)O. The number of pyridine rings is 1. The van der Waals surface area contributed by atoms with Crippen LogP contribution in [0.2, 0.25) is 5.22 Å². The highest BCUT2D eigenvalue weighted by molar-refractivity contribution is 6.30. The molecule has 2 aromatic rings. The van der Waals surface area contributed by atoms with Gasteiger partial charge in [-0.3, -0.25) is 0 Å². The summed E-state index contributed by atoms with van der Waals surface area (Å²) in [6, 6.07) is 1.45. The predicted molar refractivity (Wildman–Crippen MR) is 55.1 cm³/mol. The summed E-state index contributed by atoms with van der Waals surface area (Å²) in [4.78, 5) is 14.9. The van der Waals surface area contributed by atoms with E-state index in [2.05, 4.69) is 4.98 Å². The molecule has 0 aliphatic carbocycles. The summed E-state index contributed by atoms with van der Waals surface area (Å²) < 4.78 is 5.05. The predicted octanol–water partition coefficient (Wildman–Crippen LogP) is 2.07. The number of carboxylic acids is 1. The fourth-order valence-electron chi connectivity index (χ4n) is 1.44. The van der Waals surface area contributed by atoms with Crippen LogP contribution in [0.1, 0.15) is 16.1 Å². The van der Waals surface area contributed by atoms with Gasteiger partial charge in [0.05, 0.1) is 16.8 Å². The molecule has 0 unspecified atom stereocenters. The Balaban J connectivity index is 2.89. The van der Waals surface area contributed by atoms with Gasteiger partial charge < -0.3 is 15.3 Å². The maximum absolute atomic E-state index is 10.9. The van der Waals surface area contributed by atoms with Gasteiger partial charge in [-0.1, -0.05) is 0 Å². The van der Waals surface area contributed by atoms with Crippen molar-refractivity contribution in [2.45, 2.75) is 6.92 Å². The molecule has 0 radical (unpaired) electrons. The average Bonchev–Trinajstić information content (AvgIpc) is 2.45. The number of aromatic nitrogens is 1. The minimum Gasteiger partial charge on any atom is -0.478 e. The number of nitrogen functional groups attached to an aromatic ring is 1. The number of fused-ring (bicyclic) bond motifs is 1. The lowest BCUT2D eigenvalue weighted by atomic mass is 10.1. The van der Waals surface area contributed by atoms with Crippen LogP contribution in [-0.4, -0.2) is 16.1 Å². The van der Waals surface area contributed by atoms with E-state index in [9.17, 15) is 4.79 Å². The van der Waals surface area contributed by atoms with Crippen LogP contribution in [0.3, 0.4) is 0 Å². The van der Waals surface area contributed by atoms with E-state index in [1.54, 1.807) is 6.92 Å². The summed E-state index contributed by atoms with van der Waals surface area (Å²) in [5.74, 6) is -1.11. The Morgan fingerprint density at radius 2 is 2.33 bits per heavy atom. The molecule has 0 amide bonds. The molecule has 0 saturated carbocycles. The molecular formula is C9H7ClN2O3. The molecule has 2 rings (SSSR count). The highest BCUT2D eigenvalue weighted by atomic mass is 35.5. The Bertz CT molecular complexity index is 562. The molecule has 6 heteroatoms. The van der Waals surface area contributed by atoms with Crippen molar-refractivity contribution in [3.63, 3.8) is 0 Å². The number of rotatable bonds is 1. The van der Waals surface area contributed by atoms with E-state index in [1.165, 1.54) is 6.07 Å². The number of nitrogens with zero attached hydrogens (tertiary/aromatic N) is 1. The van der Waals surface area contributed by atoms with Gasteiger partial charge in [-0.15, -0.1) is 0 Å². The largest absolute Gasteiger partial charge is 0.478 e. The third-order valence-corrected chi connectivity index (χ3v) is 2.27. The van der Waals surface area contributed by atoms with Crippen molar-refractivity contribution in [2.24, 2.45) is 0 Å². The van der Waals surface area contributed by atoms with Crippen molar-refractivity contribution >= 4 is 34.4 Å². The van der Waals surface area contributed by atoms with Crippen LogP contribution < -0.4 is 5.73 Å². The number of furan rings is 1. The van der Waals surface area contributed by atoms with Crippen LogP contribution in [0.15, 0.2) is 10.5 Å². The van der Waals surface area contributed by atoms with E-state index in [1.807, 2.05) is 0 Å². The normalized spacial score (nSPS) is 10.8. The van der Waals surface area contributed by atoms with Crippen LogP contribution >= 0.6 is 11.6 Å². The van der Waals surface area contributed by atoms with Gasteiger partial charge in [0.2, 0.25) is 5.71 Å². The topological polar surface area (TPSA) is 89.4 Å². The van der Waals surface area contributed by atoms with E-state index < -0.39 is 5.97 Å². The van der Waals surface area contributed by atoms with Crippen molar-refractivity contribution in [3.05, 3.63) is 22.5 Å². The van der Waals surface area contributed by atoms with Crippen molar-refractivity contribution in [3.8, 4) is 0 Å². The number of aromatic carboxylic acids is 1. The van der Waals surface area contributed by atoms with Crippen LogP contribution in [-0.2, 0) is 0 Å². The van der Waals surface area contributed by atoms with Gasteiger partial charge in [0, 0.05) is 6.07 Å². The lowest BCUT2D eigenvalue weighted by Gasteiger charge is -2.03. The van der Waals surface area contributed by atoms with Crippen molar-refractivity contribution in [1.29, 1.82) is 0 Å². The first kappa shape index (κ1) is 9.79. The van der Waals surface area contributed by atoms with Gasteiger partial charge in [0.15, 0.2) is 5.22 Å². The molecule has 3 N–H and O–H groups in total. The second-order valence-electron chi connectivity index (χ2n) is 3.06. The second kappa shape index (κ2) is 3.13. The number of carboxylic acid groups (broad SMARTS) is 1. The summed E-state index contributed by atoms with van der Waals surface area (Å²) in [5, 5.41) is 9.48. The summed E-state index contributed by atoms with van der Waals surface area (Å²) >= 11 is 5.63. The Morgan fingerprint density at radius 3 is 2.93 bits per heavy atom. The number of nitrogens with two attached hydrogens (primary N) is 1. The van der Waals surface area contributed by atoms with Crippen LogP contribution in [0.5, 0.6) is 0 Å². The van der Waals surface area contributed by atoms with Gasteiger partial charge in [-0.2, -0.15) is 0 Å². The van der Waals surface area contributed by atoms with Gasteiger partial charge >= 0.3 is 5.97 Å². The molecule has 0 aromatic carbocycles. The van der Waals surface area contributed by atoms with E-state index >= 15 is 0 Å². The number of anilines is 1. The van der Waals surface area contributed by atoms with Gasteiger partial charge in [-0.05, 0) is 18.5 Å². The van der Waals surface area contributed by atoms with E-state index in [0.29, 0.717) is 11.1 Å². The van der Waals surface area contributed by atoms with E-state index in [0.717, 1.165) is 0 Å². The standard InChI is InChI=1S/C9H7ClN2O3/c1-3-6(9(13)14)7(11)4-2-5(10)15-8(4)12-3/h2H,1H3,(H2,11,12)(H,13,14). The molecule has 0 atom stereocenters. The monoisotopic (exact) mass is 226 g/mol. The average molecular weight is 227 g/mol. The molecule has 15 heavy (non-hydrogen) atoms.